The van der Waals surface area contributed by atoms with Gasteiger partial charge in [0.15, 0.2) is 0 Å². The van der Waals surface area contributed by atoms with Gasteiger partial charge >= 0.3 is 0 Å². The van der Waals surface area contributed by atoms with E-state index in [1.807, 2.05) is 10.9 Å². The van der Waals surface area contributed by atoms with Gasteiger partial charge in [-0.1, -0.05) is 20.8 Å². The van der Waals surface area contributed by atoms with Crippen LogP contribution in [0.3, 0.4) is 0 Å². The number of hydrogen-bond acceptors (Lipinski definition) is 2. The quantitative estimate of drug-likeness (QED) is 0.852. The first kappa shape index (κ1) is 14.2. The largest absolute Gasteiger partial charge is 0.312 e. The average molecular weight is 237 g/mol. The van der Waals surface area contributed by atoms with Gasteiger partial charge in [0.25, 0.3) is 0 Å². The van der Waals surface area contributed by atoms with E-state index < -0.39 is 0 Å². The normalized spacial score (nSPS) is 13.1. The van der Waals surface area contributed by atoms with E-state index in [1.54, 1.807) is 0 Å². The minimum Gasteiger partial charge on any atom is -0.312 e. The van der Waals surface area contributed by atoms with Crippen LogP contribution in [0.1, 0.15) is 53.5 Å². The Labute approximate surface area is 106 Å². The van der Waals surface area contributed by atoms with Crippen molar-refractivity contribution in [3.8, 4) is 0 Å². The molecule has 17 heavy (non-hydrogen) atoms. The fourth-order valence-corrected chi connectivity index (χ4v) is 1.49. The fraction of sp³-hybridized carbons (Fsp3) is 0.786. The third kappa shape index (κ3) is 4.50. The van der Waals surface area contributed by atoms with E-state index in [0.717, 1.165) is 13.1 Å². The molecule has 0 radical (unpaired) electrons. The maximum absolute atomic E-state index is 4.40. The topological polar surface area (TPSA) is 29.9 Å². The van der Waals surface area contributed by atoms with Crippen molar-refractivity contribution in [3.05, 3.63) is 18.0 Å². The molecule has 0 fully saturated rings. The summed E-state index contributed by atoms with van der Waals surface area (Å²) in [6, 6.07) is 0. The Hall–Kier alpha value is -0.830. The molecule has 0 amide bonds. The Morgan fingerprint density at radius 2 is 1.88 bits per heavy atom. The van der Waals surface area contributed by atoms with Crippen LogP contribution in [0.4, 0.5) is 0 Å². The predicted molar refractivity (Wildman–Crippen MR) is 73.0 cm³/mol. The fourth-order valence-electron chi connectivity index (χ4n) is 1.49. The number of aromatic nitrogens is 2. The van der Waals surface area contributed by atoms with Gasteiger partial charge in [0.05, 0.1) is 11.7 Å². The number of nitrogens with one attached hydrogen (secondary N) is 1. The molecule has 0 unspecified atom stereocenters. The Balaban J connectivity index is 2.46. The van der Waals surface area contributed by atoms with E-state index in [1.165, 1.54) is 12.0 Å². The zero-order valence-electron chi connectivity index (χ0n) is 12.2. The third-order valence-corrected chi connectivity index (χ3v) is 3.21. The van der Waals surface area contributed by atoms with Crippen molar-refractivity contribution < 1.29 is 0 Å². The van der Waals surface area contributed by atoms with Crippen molar-refractivity contribution in [2.75, 3.05) is 6.54 Å². The molecule has 0 atom stereocenters. The highest BCUT2D eigenvalue weighted by molar-refractivity contribution is 5.04. The first-order chi connectivity index (χ1) is 7.74. The summed E-state index contributed by atoms with van der Waals surface area (Å²) in [7, 11) is 0. The van der Waals surface area contributed by atoms with Gasteiger partial charge in [0, 0.05) is 24.8 Å². The first-order valence-electron chi connectivity index (χ1n) is 6.49. The van der Waals surface area contributed by atoms with Crippen LogP contribution in [0.2, 0.25) is 0 Å². The molecule has 1 heterocycles. The zero-order chi connectivity index (χ0) is 13.1. The molecule has 0 saturated heterocycles. The molecule has 0 spiro atoms. The molecule has 0 aromatic carbocycles. The van der Waals surface area contributed by atoms with Crippen LogP contribution < -0.4 is 5.32 Å². The van der Waals surface area contributed by atoms with Crippen molar-refractivity contribution in [1.29, 1.82) is 0 Å². The van der Waals surface area contributed by atoms with Crippen LogP contribution in [0.5, 0.6) is 0 Å². The van der Waals surface area contributed by atoms with E-state index in [2.05, 4.69) is 58.2 Å². The molecular formula is C14H27N3. The van der Waals surface area contributed by atoms with E-state index in [4.69, 9.17) is 0 Å². The Kier molecular flexibility index (Phi) is 4.36. The highest BCUT2D eigenvalue weighted by Gasteiger charge is 2.15. The lowest BCUT2D eigenvalue weighted by atomic mass is 9.90. The molecule has 1 rings (SSSR count). The van der Waals surface area contributed by atoms with Crippen LogP contribution in [0, 0.1) is 5.41 Å². The molecule has 0 aliphatic heterocycles. The Morgan fingerprint density at radius 1 is 1.24 bits per heavy atom. The predicted octanol–water partition coefficient (Wildman–Crippen LogP) is 3.16. The maximum atomic E-state index is 4.40. The van der Waals surface area contributed by atoms with Gasteiger partial charge < -0.3 is 5.32 Å². The second-order valence-corrected chi connectivity index (χ2v) is 6.59. The lowest BCUT2D eigenvalue weighted by Crippen LogP contribution is -2.28. The van der Waals surface area contributed by atoms with Gasteiger partial charge in [-0.15, -0.1) is 0 Å². The lowest BCUT2D eigenvalue weighted by molar-refractivity contribution is 0.327. The summed E-state index contributed by atoms with van der Waals surface area (Å²) in [6.07, 6.45) is 5.28. The van der Waals surface area contributed by atoms with Gasteiger partial charge in [-0.05, 0) is 32.6 Å². The summed E-state index contributed by atoms with van der Waals surface area (Å²) in [5, 5.41) is 7.90. The molecular weight excluding hydrogens is 210 g/mol. The second-order valence-electron chi connectivity index (χ2n) is 6.59. The van der Waals surface area contributed by atoms with Crippen molar-refractivity contribution in [2.45, 2.75) is 60.0 Å². The summed E-state index contributed by atoms with van der Waals surface area (Å²) in [6.45, 7) is 15.3. The summed E-state index contributed by atoms with van der Waals surface area (Å²) in [5.41, 5.74) is 1.70. The van der Waals surface area contributed by atoms with Gasteiger partial charge in [-0.2, -0.15) is 5.10 Å². The molecule has 0 bridgehead atoms. The standard InChI is InChI=1S/C14H27N3/c1-7-14(5,6)11-15-8-12-9-16-17(10-12)13(2,3)4/h9-10,15H,7-8,11H2,1-6H3. The summed E-state index contributed by atoms with van der Waals surface area (Å²) in [4.78, 5) is 0. The molecule has 0 aliphatic rings. The smallest absolute Gasteiger partial charge is 0.0543 e. The monoisotopic (exact) mass is 237 g/mol. The maximum Gasteiger partial charge on any atom is 0.0543 e. The molecule has 3 heteroatoms. The van der Waals surface area contributed by atoms with Crippen LogP contribution in [0.15, 0.2) is 12.4 Å². The van der Waals surface area contributed by atoms with Crippen LogP contribution in [0.25, 0.3) is 0 Å². The minimum absolute atomic E-state index is 0.0704. The molecule has 1 aromatic heterocycles. The molecule has 0 aliphatic carbocycles. The van der Waals surface area contributed by atoms with E-state index in [0.29, 0.717) is 5.41 Å². The average Bonchev–Trinajstić information content (AvgIpc) is 2.66. The first-order valence-corrected chi connectivity index (χ1v) is 6.49. The zero-order valence-corrected chi connectivity index (χ0v) is 12.2. The van der Waals surface area contributed by atoms with Crippen LogP contribution >= 0.6 is 0 Å². The van der Waals surface area contributed by atoms with Gasteiger partial charge in [-0.3, -0.25) is 4.68 Å². The highest BCUT2D eigenvalue weighted by atomic mass is 15.3. The number of hydrogen-bond donors (Lipinski definition) is 1. The minimum atomic E-state index is 0.0704. The third-order valence-electron chi connectivity index (χ3n) is 3.21. The number of rotatable bonds is 5. The van der Waals surface area contributed by atoms with Gasteiger partial charge in [-0.25, -0.2) is 0 Å². The second kappa shape index (κ2) is 5.21. The summed E-state index contributed by atoms with van der Waals surface area (Å²) >= 11 is 0. The molecule has 1 aromatic rings. The van der Waals surface area contributed by atoms with Gasteiger partial charge in [0.1, 0.15) is 0 Å². The SMILES string of the molecule is CCC(C)(C)CNCc1cnn(C(C)(C)C)c1. The molecule has 98 valence electrons. The lowest BCUT2D eigenvalue weighted by Gasteiger charge is -2.22. The van der Waals surface area contributed by atoms with Crippen LogP contribution in [-0.4, -0.2) is 16.3 Å². The summed E-state index contributed by atoms with van der Waals surface area (Å²) in [5.74, 6) is 0. The van der Waals surface area contributed by atoms with Crippen molar-refractivity contribution in [3.63, 3.8) is 0 Å². The molecule has 0 saturated carbocycles. The highest BCUT2D eigenvalue weighted by Crippen LogP contribution is 2.18. The van der Waals surface area contributed by atoms with Crippen LogP contribution in [-0.2, 0) is 12.1 Å². The Bertz CT molecular complexity index is 345. The number of nitrogens with zero attached hydrogens (tertiary/aromatic N) is 2. The van der Waals surface area contributed by atoms with E-state index >= 15 is 0 Å². The van der Waals surface area contributed by atoms with Crippen molar-refractivity contribution in [2.24, 2.45) is 5.41 Å². The van der Waals surface area contributed by atoms with Crippen molar-refractivity contribution in [1.82, 2.24) is 15.1 Å². The Morgan fingerprint density at radius 3 is 2.35 bits per heavy atom. The van der Waals surface area contributed by atoms with E-state index in [9.17, 15) is 0 Å². The molecule has 3 nitrogen and oxygen atoms in total. The van der Waals surface area contributed by atoms with E-state index in [-0.39, 0.29) is 5.54 Å². The molecule has 1 N–H and O–H groups in total. The van der Waals surface area contributed by atoms with Gasteiger partial charge in [0.2, 0.25) is 0 Å². The van der Waals surface area contributed by atoms with Crippen molar-refractivity contribution >= 4 is 0 Å². The summed E-state index contributed by atoms with van der Waals surface area (Å²) < 4.78 is 2.02.